The highest BCUT2D eigenvalue weighted by molar-refractivity contribution is 7.98. The summed E-state index contributed by atoms with van der Waals surface area (Å²) in [7, 11) is 0. The third-order valence-electron chi connectivity index (χ3n) is 1.99. The van der Waals surface area contributed by atoms with E-state index in [0.29, 0.717) is 5.82 Å². The second-order valence-corrected chi connectivity index (χ2v) is 4.16. The van der Waals surface area contributed by atoms with E-state index in [1.54, 1.807) is 24.2 Å². The molecule has 0 aliphatic rings. The topological polar surface area (TPSA) is 63.8 Å². The zero-order chi connectivity index (χ0) is 11.2. The third kappa shape index (κ3) is 2.95. The molecule has 1 aromatic heterocycles. The summed E-state index contributed by atoms with van der Waals surface area (Å²) in [5.41, 5.74) is 3.74. The van der Waals surface area contributed by atoms with Gasteiger partial charge in [-0.25, -0.2) is 10.8 Å². The van der Waals surface area contributed by atoms with Gasteiger partial charge in [-0.1, -0.05) is 30.3 Å². The quantitative estimate of drug-likeness (QED) is 0.480. The van der Waals surface area contributed by atoms with Crippen LogP contribution in [0.15, 0.2) is 47.8 Å². The van der Waals surface area contributed by atoms with Gasteiger partial charge in [0.25, 0.3) is 0 Å². The molecule has 0 radical (unpaired) electrons. The molecular weight excluding hydrogens is 220 g/mol. The number of anilines is 1. The molecule has 4 nitrogen and oxygen atoms in total. The Morgan fingerprint density at radius 1 is 1.19 bits per heavy atom. The van der Waals surface area contributed by atoms with Crippen LogP contribution in [0.5, 0.6) is 0 Å². The number of benzene rings is 1. The number of rotatable bonds is 4. The van der Waals surface area contributed by atoms with E-state index < -0.39 is 0 Å². The normalized spacial score (nSPS) is 10.1. The molecule has 0 saturated heterocycles. The van der Waals surface area contributed by atoms with Gasteiger partial charge in [0.15, 0.2) is 5.82 Å². The number of thioether (sulfide) groups is 1. The van der Waals surface area contributed by atoms with Crippen LogP contribution in [-0.2, 0) is 5.75 Å². The Balaban J connectivity index is 1.99. The van der Waals surface area contributed by atoms with Crippen molar-refractivity contribution in [3.63, 3.8) is 0 Å². The smallest absolute Gasteiger partial charge is 0.159 e. The van der Waals surface area contributed by atoms with Crippen molar-refractivity contribution >= 4 is 17.6 Å². The van der Waals surface area contributed by atoms with E-state index in [-0.39, 0.29) is 0 Å². The minimum Gasteiger partial charge on any atom is -0.307 e. The summed E-state index contributed by atoms with van der Waals surface area (Å²) in [5, 5.41) is 0.860. The summed E-state index contributed by atoms with van der Waals surface area (Å²) in [6.07, 6.45) is 3.32. The van der Waals surface area contributed by atoms with E-state index in [1.165, 1.54) is 5.56 Å². The summed E-state index contributed by atoms with van der Waals surface area (Å²) in [6.45, 7) is 0. The second kappa shape index (κ2) is 5.48. The first-order valence-corrected chi connectivity index (χ1v) is 5.82. The first-order valence-electron chi connectivity index (χ1n) is 4.84. The fraction of sp³-hybridized carbons (Fsp3) is 0.0909. The average molecular weight is 232 g/mol. The standard InChI is InChI=1S/C11H12N4S/c12-15-10-6-13-7-11(14-10)16-8-9-4-2-1-3-5-9/h1-7H,8,12H2,(H,14,15). The van der Waals surface area contributed by atoms with Gasteiger partial charge in [0.1, 0.15) is 5.03 Å². The molecule has 82 valence electrons. The van der Waals surface area contributed by atoms with Crippen molar-refractivity contribution in [2.24, 2.45) is 5.84 Å². The summed E-state index contributed by atoms with van der Waals surface area (Å²) in [6, 6.07) is 10.2. The van der Waals surface area contributed by atoms with Crippen LogP contribution in [-0.4, -0.2) is 9.97 Å². The molecule has 1 aromatic carbocycles. The predicted molar refractivity (Wildman–Crippen MR) is 65.8 cm³/mol. The molecule has 0 saturated carbocycles. The number of nitrogen functional groups attached to an aromatic ring is 1. The first kappa shape index (κ1) is 10.9. The molecule has 2 aromatic rings. The maximum absolute atomic E-state index is 5.26. The lowest BCUT2D eigenvalue weighted by Gasteiger charge is -2.02. The van der Waals surface area contributed by atoms with Crippen molar-refractivity contribution in [2.75, 3.05) is 5.43 Å². The van der Waals surface area contributed by atoms with Crippen molar-refractivity contribution in [3.05, 3.63) is 48.3 Å². The fourth-order valence-electron chi connectivity index (χ4n) is 1.22. The summed E-state index contributed by atoms with van der Waals surface area (Å²) in [4.78, 5) is 8.31. The van der Waals surface area contributed by atoms with E-state index in [9.17, 15) is 0 Å². The Hall–Kier alpha value is -1.59. The molecule has 0 fully saturated rings. The van der Waals surface area contributed by atoms with Gasteiger partial charge < -0.3 is 5.43 Å². The van der Waals surface area contributed by atoms with Crippen LogP contribution < -0.4 is 11.3 Å². The van der Waals surface area contributed by atoms with Crippen LogP contribution in [0.25, 0.3) is 0 Å². The van der Waals surface area contributed by atoms with Gasteiger partial charge in [0.05, 0.1) is 12.4 Å². The van der Waals surface area contributed by atoms with Crippen LogP contribution in [0.1, 0.15) is 5.56 Å². The Morgan fingerprint density at radius 3 is 2.75 bits per heavy atom. The van der Waals surface area contributed by atoms with Gasteiger partial charge in [0, 0.05) is 5.75 Å². The SMILES string of the molecule is NNc1cncc(SCc2ccccc2)n1. The van der Waals surface area contributed by atoms with Crippen LogP contribution in [0.3, 0.4) is 0 Å². The molecule has 0 atom stereocenters. The number of aromatic nitrogens is 2. The van der Waals surface area contributed by atoms with E-state index >= 15 is 0 Å². The zero-order valence-corrected chi connectivity index (χ0v) is 9.45. The number of nitrogens with two attached hydrogens (primary N) is 1. The molecule has 0 aliphatic carbocycles. The number of hydrazine groups is 1. The van der Waals surface area contributed by atoms with Crippen molar-refractivity contribution in [1.82, 2.24) is 9.97 Å². The third-order valence-corrected chi connectivity index (χ3v) is 2.96. The van der Waals surface area contributed by atoms with Crippen molar-refractivity contribution in [1.29, 1.82) is 0 Å². The molecule has 0 aliphatic heterocycles. The molecule has 0 unspecified atom stereocenters. The molecule has 2 rings (SSSR count). The van der Waals surface area contributed by atoms with Gasteiger partial charge in [-0.2, -0.15) is 0 Å². The Bertz CT molecular complexity index is 447. The van der Waals surface area contributed by atoms with Crippen molar-refractivity contribution in [2.45, 2.75) is 10.8 Å². The number of hydrogen-bond donors (Lipinski definition) is 2. The lowest BCUT2D eigenvalue weighted by atomic mass is 10.2. The van der Waals surface area contributed by atoms with E-state index in [0.717, 1.165) is 10.8 Å². The summed E-state index contributed by atoms with van der Waals surface area (Å²) < 4.78 is 0. The Morgan fingerprint density at radius 2 is 2.00 bits per heavy atom. The fourth-order valence-corrected chi connectivity index (χ4v) is 2.02. The maximum atomic E-state index is 5.26. The van der Waals surface area contributed by atoms with Crippen LogP contribution >= 0.6 is 11.8 Å². The van der Waals surface area contributed by atoms with Crippen LogP contribution in [0, 0.1) is 0 Å². The first-order chi connectivity index (χ1) is 7.88. The monoisotopic (exact) mass is 232 g/mol. The molecule has 16 heavy (non-hydrogen) atoms. The average Bonchev–Trinajstić information content (AvgIpc) is 2.38. The van der Waals surface area contributed by atoms with E-state index in [1.807, 2.05) is 18.2 Å². The largest absolute Gasteiger partial charge is 0.307 e. The number of nitrogens with one attached hydrogen (secondary N) is 1. The lowest BCUT2D eigenvalue weighted by Crippen LogP contribution is -2.08. The maximum Gasteiger partial charge on any atom is 0.159 e. The molecule has 0 bridgehead atoms. The van der Waals surface area contributed by atoms with Crippen LogP contribution in [0.2, 0.25) is 0 Å². The van der Waals surface area contributed by atoms with E-state index in [4.69, 9.17) is 5.84 Å². The number of hydrogen-bond acceptors (Lipinski definition) is 5. The van der Waals surface area contributed by atoms with Crippen molar-refractivity contribution < 1.29 is 0 Å². The zero-order valence-electron chi connectivity index (χ0n) is 8.63. The second-order valence-electron chi connectivity index (χ2n) is 3.16. The summed E-state index contributed by atoms with van der Waals surface area (Å²) >= 11 is 1.63. The van der Waals surface area contributed by atoms with Gasteiger partial charge in [-0.15, -0.1) is 11.8 Å². The van der Waals surface area contributed by atoms with Crippen LogP contribution in [0.4, 0.5) is 5.82 Å². The minimum absolute atomic E-state index is 0.582. The molecule has 0 amide bonds. The Kier molecular flexibility index (Phi) is 3.74. The minimum atomic E-state index is 0.582. The van der Waals surface area contributed by atoms with Gasteiger partial charge >= 0.3 is 0 Å². The molecule has 5 heteroatoms. The molecular formula is C11H12N4S. The highest BCUT2D eigenvalue weighted by Gasteiger charge is 1.99. The molecule has 0 spiro atoms. The molecule has 1 heterocycles. The van der Waals surface area contributed by atoms with Crippen molar-refractivity contribution in [3.8, 4) is 0 Å². The Labute approximate surface area is 98.3 Å². The van der Waals surface area contributed by atoms with Gasteiger partial charge in [-0.3, -0.25) is 4.98 Å². The van der Waals surface area contributed by atoms with Gasteiger partial charge in [-0.05, 0) is 5.56 Å². The van der Waals surface area contributed by atoms with E-state index in [2.05, 4.69) is 27.5 Å². The summed E-state index contributed by atoms with van der Waals surface area (Å²) in [5.74, 6) is 6.72. The highest BCUT2D eigenvalue weighted by Crippen LogP contribution is 2.20. The number of nitrogens with zero attached hydrogens (tertiary/aromatic N) is 2. The molecule has 3 N–H and O–H groups in total. The highest BCUT2D eigenvalue weighted by atomic mass is 32.2. The lowest BCUT2D eigenvalue weighted by molar-refractivity contribution is 1.04. The van der Waals surface area contributed by atoms with Gasteiger partial charge in [0.2, 0.25) is 0 Å². The predicted octanol–water partition coefficient (Wildman–Crippen LogP) is 2.05.